The minimum atomic E-state index is -0.315. The van der Waals surface area contributed by atoms with Crippen molar-refractivity contribution < 1.29 is 9.59 Å². The van der Waals surface area contributed by atoms with E-state index < -0.39 is 0 Å². The van der Waals surface area contributed by atoms with Crippen molar-refractivity contribution in [1.29, 1.82) is 0 Å². The molecule has 1 N–H and O–H groups in total. The van der Waals surface area contributed by atoms with Crippen molar-refractivity contribution in [2.75, 3.05) is 18.4 Å². The molecule has 0 atom stereocenters. The number of benzene rings is 3. The maximum absolute atomic E-state index is 13.4. The largest absolute Gasteiger partial charge is 0.339 e. The zero-order valence-corrected chi connectivity index (χ0v) is 22.4. The normalized spacial score (nSPS) is 14.0. The number of thiazole rings is 1. The predicted molar refractivity (Wildman–Crippen MR) is 151 cm³/mol. The minimum absolute atomic E-state index is 0.00392. The number of amides is 2. The molecule has 188 valence electrons. The van der Waals surface area contributed by atoms with Crippen LogP contribution in [0.1, 0.15) is 55.7 Å². The third kappa shape index (κ3) is 5.60. The molecule has 4 aromatic rings. The van der Waals surface area contributed by atoms with E-state index in [0.29, 0.717) is 27.9 Å². The summed E-state index contributed by atoms with van der Waals surface area (Å²) in [5.74, 6) is 0.168. The first kappa shape index (κ1) is 25.2. The summed E-state index contributed by atoms with van der Waals surface area (Å²) in [6.45, 7) is 5.24. The van der Waals surface area contributed by atoms with Gasteiger partial charge >= 0.3 is 0 Å². The second-order valence-corrected chi connectivity index (χ2v) is 11.0. The van der Waals surface area contributed by atoms with Gasteiger partial charge in [-0.05, 0) is 73.6 Å². The molecule has 1 aliphatic heterocycles. The number of hydrogen-bond acceptors (Lipinski definition) is 4. The number of likely N-dealkylation sites (tertiary alicyclic amines) is 1. The van der Waals surface area contributed by atoms with Crippen LogP contribution in [-0.4, -0.2) is 34.8 Å². The van der Waals surface area contributed by atoms with Gasteiger partial charge in [0.05, 0.1) is 9.88 Å². The number of carbonyl (C=O) groups is 2. The zero-order chi connectivity index (χ0) is 25.9. The number of anilines is 1. The van der Waals surface area contributed by atoms with Crippen LogP contribution in [0.4, 0.5) is 5.69 Å². The lowest BCUT2D eigenvalue weighted by molar-refractivity contribution is 0.0712. The van der Waals surface area contributed by atoms with Gasteiger partial charge < -0.3 is 10.2 Å². The first-order valence-corrected chi connectivity index (χ1v) is 13.6. The van der Waals surface area contributed by atoms with E-state index in [1.54, 1.807) is 12.1 Å². The quantitative estimate of drug-likeness (QED) is 0.294. The summed E-state index contributed by atoms with van der Waals surface area (Å²) in [6, 6.07) is 23.4. The van der Waals surface area contributed by atoms with E-state index in [0.717, 1.165) is 46.9 Å². The van der Waals surface area contributed by atoms with Crippen LogP contribution in [0.2, 0.25) is 5.02 Å². The summed E-state index contributed by atoms with van der Waals surface area (Å²) < 4.78 is 0. The van der Waals surface area contributed by atoms with Crippen LogP contribution in [0.15, 0.2) is 72.8 Å². The Balaban J connectivity index is 1.31. The zero-order valence-electron chi connectivity index (χ0n) is 20.8. The van der Waals surface area contributed by atoms with Crippen molar-refractivity contribution >= 4 is 40.4 Å². The molecule has 1 saturated heterocycles. The van der Waals surface area contributed by atoms with Gasteiger partial charge in [0.1, 0.15) is 5.69 Å². The molecular weight excluding hydrogens is 502 g/mol. The maximum Gasteiger partial charge on any atom is 0.275 e. The van der Waals surface area contributed by atoms with Gasteiger partial charge in [-0.1, -0.05) is 60.1 Å². The van der Waals surface area contributed by atoms with Gasteiger partial charge in [0.15, 0.2) is 0 Å². The minimum Gasteiger partial charge on any atom is -0.339 e. The van der Waals surface area contributed by atoms with E-state index >= 15 is 0 Å². The lowest BCUT2D eigenvalue weighted by atomic mass is 9.89. The monoisotopic (exact) mass is 529 g/mol. The molecule has 2 heterocycles. The predicted octanol–water partition coefficient (Wildman–Crippen LogP) is 7.35. The van der Waals surface area contributed by atoms with E-state index in [1.807, 2.05) is 55.1 Å². The lowest BCUT2D eigenvalue weighted by Gasteiger charge is -2.32. The van der Waals surface area contributed by atoms with Gasteiger partial charge in [0, 0.05) is 29.4 Å². The van der Waals surface area contributed by atoms with Gasteiger partial charge in [-0.2, -0.15) is 0 Å². The van der Waals surface area contributed by atoms with Gasteiger partial charge in [-0.15, -0.1) is 11.3 Å². The second kappa shape index (κ2) is 10.9. The first-order chi connectivity index (χ1) is 17.9. The lowest BCUT2D eigenvalue weighted by Crippen LogP contribution is -2.38. The van der Waals surface area contributed by atoms with Crippen molar-refractivity contribution in [3.05, 3.63) is 105 Å². The van der Waals surface area contributed by atoms with Crippen LogP contribution >= 0.6 is 22.9 Å². The van der Waals surface area contributed by atoms with Crippen molar-refractivity contribution in [2.24, 2.45) is 0 Å². The molecule has 2 amide bonds. The Kier molecular flexibility index (Phi) is 7.40. The summed E-state index contributed by atoms with van der Waals surface area (Å²) in [7, 11) is 0. The Morgan fingerprint density at radius 3 is 2.46 bits per heavy atom. The number of aromatic nitrogens is 1. The Morgan fingerprint density at radius 2 is 1.73 bits per heavy atom. The topological polar surface area (TPSA) is 62.3 Å². The van der Waals surface area contributed by atoms with Crippen molar-refractivity contribution in [3.63, 3.8) is 0 Å². The average Bonchev–Trinajstić information content (AvgIpc) is 3.32. The number of piperidine rings is 1. The van der Waals surface area contributed by atoms with Crippen molar-refractivity contribution in [2.45, 2.75) is 32.6 Å². The highest BCUT2D eigenvalue weighted by Gasteiger charge is 2.26. The smallest absolute Gasteiger partial charge is 0.275 e. The number of halogens is 1. The third-order valence-electron chi connectivity index (χ3n) is 6.81. The number of rotatable bonds is 5. The van der Waals surface area contributed by atoms with E-state index in [1.165, 1.54) is 16.9 Å². The Hall–Kier alpha value is -3.48. The molecule has 0 radical (unpaired) electrons. The van der Waals surface area contributed by atoms with Crippen LogP contribution in [0.5, 0.6) is 0 Å². The molecule has 37 heavy (non-hydrogen) atoms. The molecule has 0 aliphatic carbocycles. The van der Waals surface area contributed by atoms with Crippen LogP contribution in [0.3, 0.4) is 0 Å². The molecule has 3 aromatic carbocycles. The number of carbonyl (C=O) groups excluding carboxylic acids is 2. The molecule has 7 heteroatoms. The van der Waals surface area contributed by atoms with Crippen LogP contribution in [0.25, 0.3) is 10.4 Å². The molecule has 0 saturated carbocycles. The van der Waals surface area contributed by atoms with Crippen LogP contribution in [-0.2, 0) is 0 Å². The summed E-state index contributed by atoms with van der Waals surface area (Å²) in [5.41, 5.74) is 4.60. The molecule has 0 spiro atoms. The van der Waals surface area contributed by atoms with Crippen LogP contribution in [0, 0.1) is 13.8 Å². The number of aryl methyl sites for hydroxylation is 2. The Bertz CT molecular complexity index is 1440. The molecule has 1 fully saturated rings. The highest BCUT2D eigenvalue weighted by atomic mass is 35.5. The Morgan fingerprint density at radius 1 is 0.973 bits per heavy atom. The second-order valence-electron chi connectivity index (χ2n) is 9.38. The summed E-state index contributed by atoms with van der Waals surface area (Å²) >= 11 is 7.63. The van der Waals surface area contributed by atoms with Gasteiger partial charge in [0.2, 0.25) is 0 Å². The molecular formula is C30H28ClN3O2S. The molecule has 0 bridgehead atoms. The molecule has 5 nitrogen and oxygen atoms in total. The third-order valence-corrected chi connectivity index (χ3v) is 8.07. The molecule has 5 rings (SSSR count). The highest BCUT2D eigenvalue weighted by Crippen LogP contribution is 2.33. The number of hydrogen-bond donors (Lipinski definition) is 1. The van der Waals surface area contributed by atoms with Gasteiger partial charge in [0.25, 0.3) is 11.8 Å². The maximum atomic E-state index is 13.4. The van der Waals surface area contributed by atoms with E-state index in [2.05, 4.69) is 34.6 Å². The van der Waals surface area contributed by atoms with Gasteiger partial charge in [-0.3, -0.25) is 9.59 Å². The van der Waals surface area contributed by atoms with Crippen molar-refractivity contribution in [1.82, 2.24) is 9.88 Å². The van der Waals surface area contributed by atoms with E-state index in [-0.39, 0.29) is 11.8 Å². The van der Waals surface area contributed by atoms with Crippen molar-refractivity contribution in [3.8, 4) is 10.4 Å². The Labute approximate surface area is 226 Å². The molecule has 1 aliphatic rings. The van der Waals surface area contributed by atoms with E-state index in [4.69, 9.17) is 11.6 Å². The number of nitrogens with one attached hydrogen (secondary N) is 1. The highest BCUT2D eigenvalue weighted by molar-refractivity contribution is 7.15. The molecule has 0 unspecified atom stereocenters. The number of nitrogens with zero attached hydrogens (tertiary/aromatic N) is 2. The summed E-state index contributed by atoms with van der Waals surface area (Å²) in [4.78, 5) is 33.9. The van der Waals surface area contributed by atoms with Crippen LogP contribution < -0.4 is 5.32 Å². The summed E-state index contributed by atoms with van der Waals surface area (Å²) in [6.07, 6.45) is 1.89. The fraction of sp³-hybridized carbons (Fsp3) is 0.233. The standard InChI is InChI=1S/C30H28ClN3O2S/c1-19-11-12-25(33-29(35)27-28(37-20(2)32-27)23-9-6-10-24(31)17-23)18-26(19)30(36)34-15-13-22(14-16-34)21-7-4-3-5-8-21/h3-12,17-18,22H,13-16H2,1-2H3,(H,33,35). The van der Waals surface area contributed by atoms with Gasteiger partial charge in [-0.25, -0.2) is 4.98 Å². The SMILES string of the molecule is Cc1nc(C(=O)Nc2ccc(C)c(C(=O)N3CCC(c4ccccc4)CC3)c2)c(-c2cccc(Cl)c2)s1. The first-order valence-electron chi connectivity index (χ1n) is 12.4. The average molecular weight is 530 g/mol. The van der Waals surface area contributed by atoms with E-state index in [9.17, 15) is 9.59 Å². The summed E-state index contributed by atoms with van der Waals surface area (Å²) in [5, 5.41) is 4.34. The molecule has 1 aromatic heterocycles. The fourth-order valence-electron chi connectivity index (χ4n) is 4.84. The fourth-order valence-corrected chi connectivity index (χ4v) is 5.94.